The second-order valence-corrected chi connectivity index (χ2v) is 8.13. The van der Waals surface area contributed by atoms with E-state index in [1.807, 2.05) is 23.1 Å². The third kappa shape index (κ3) is 2.98. The molecular weight excluding hydrogens is 284 g/mol. The monoisotopic (exact) mass is 312 g/mol. The smallest absolute Gasteiger partial charge is 0.318 e. The van der Waals surface area contributed by atoms with Crippen molar-refractivity contribution in [3.8, 4) is 0 Å². The van der Waals surface area contributed by atoms with Crippen LogP contribution in [0.5, 0.6) is 0 Å². The minimum Gasteiger partial charge on any atom is -0.333 e. The summed E-state index contributed by atoms with van der Waals surface area (Å²) in [5, 5.41) is 3.48. The molecule has 0 heterocycles. The first kappa shape index (κ1) is 15.0. The van der Waals surface area contributed by atoms with Crippen LogP contribution in [-0.4, -0.2) is 23.0 Å². The molecule has 3 nitrogen and oxygen atoms in total. The molecule has 3 heteroatoms. The molecule has 2 amide bonds. The first-order valence-electron chi connectivity index (χ1n) is 9.27. The highest BCUT2D eigenvalue weighted by atomic mass is 16.2. The molecule has 0 spiro atoms. The van der Waals surface area contributed by atoms with E-state index in [2.05, 4.69) is 24.4 Å². The molecule has 5 rings (SSSR count). The van der Waals surface area contributed by atoms with Crippen LogP contribution in [0.1, 0.15) is 51.0 Å². The molecule has 1 aromatic carbocycles. The Bertz CT molecular complexity index is 533. The second kappa shape index (κ2) is 5.85. The molecule has 0 radical (unpaired) electrons. The zero-order valence-electron chi connectivity index (χ0n) is 14.1. The second-order valence-electron chi connectivity index (χ2n) is 8.13. The first-order valence-corrected chi connectivity index (χ1v) is 9.27. The highest BCUT2D eigenvalue weighted by molar-refractivity contribution is 5.75. The van der Waals surface area contributed by atoms with Crippen molar-refractivity contribution in [3.63, 3.8) is 0 Å². The zero-order chi connectivity index (χ0) is 15.9. The average molecular weight is 312 g/mol. The minimum atomic E-state index is 0.107. The number of nitrogens with zero attached hydrogens (tertiary/aromatic N) is 1. The molecule has 4 fully saturated rings. The van der Waals surface area contributed by atoms with Crippen molar-refractivity contribution in [2.45, 2.75) is 57.5 Å². The third-order valence-corrected chi connectivity index (χ3v) is 6.30. The van der Waals surface area contributed by atoms with Gasteiger partial charge in [0.25, 0.3) is 0 Å². The lowest BCUT2D eigenvalue weighted by Gasteiger charge is -2.57. The van der Waals surface area contributed by atoms with Gasteiger partial charge in [-0.05, 0) is 68.8 Å². The minimum absolute atomic E-state index is 0.107. The largest absolute Gasteiger partial charge is 0.333 e. The molecule has 0 unspecified atom stereocenters. The summed E-state index contributed by atoms with van der Waals surface area (Å²) in [6.45, 7) is 3.53. The van der Waals surface area contributed by atoms with E-state index in [9.17, 15) is 4.79 Å². The molecule has 4 bridgehead atoms. The summed E-state index contributed by atoms with van der Waals surface area (Å²) in [4.78, 5) is 14.8. The number of carbonyl (C=O) groups excluding carboxylic acids is 1. The van der Waals surface area contributed by atoms with Crippen LogP contribution in [0.2, 0.25) is 0 Å². The molecule has 4 saturated carbocycles. The van der Waals surface area contributed by atoms with Crippen molar-refractivity contribution in [2.75, 3.05) is 6.54 Å². The lowest BCUT2D eigenvalue weighted by Crippen LogP contribution is -2.61. The van der Waals surface area contributed by atoms with Gasteiger partial charge in [-0.25, -0.2) is 4.79 Å². The zero-order valence-corrected chi connectivity index (χ0v) is 14.1. The Kier molecular flexibility index (Phi) is 3.82. The fraction of sp³-hybridized carbons (Fsp3) is 0.650. The van der Waals surface area contributed by atoms with Gasteiger partial charge in [-0.1, -0.05) is 30.3 Å². The molecule has 0 aromatic heterocycles. The summed E-state index contributed by atoms with van der Waals surface area (Å²) in [7, 11) is 0. The van der Waals surface area contributed by atoms with Gasteiger partial charge in [-0.2, -0.15) is 0 Å². The van der Waals surface area contributed by atoms with Crippen molar-refractivity contribution in [3.05, 3.63) is 35.9 Å². The summed E-state index contributed by atoms with van der Waals surface area (Å²) in [6, 6.07) is 10.4. The highest BCUT2D eigenvalue weighted by Gasteiger charge is 2.51. The fourth-order valence-corrected chi connectivity index (χ4v) is 5.70. The SMILES string of the molecule is CCN(Cc1ccccc1)C(=O)NC12CC3CC(CC(C3)C1)C2. The standard InChI is InChI=1S/C20H28N2O/c1-2-22(14-15-6-4-3-5-7-15)19(23)21-20-11-16-8-17(12-20)10-18(9-16)13-20/h3-7,16-18H,2,8-14H2,1H3,(H,21,23). The lowest BCUT2D eigenvalue weighted by atomic mass is 9.53. The maximum absolute atomic E-state index is 12.9. The first-order chi connectivity index (χ1) is 11.2. The van der Waals surface area contributed by atoms with Crippen molar-refractivity contribution in [2.24, 2.45) is 17.8 Å². The van der Waals surface area contributed by atoms with E-state index in [-0.39, 0.29) is 11.6 Å². The van der Waals surface area contributed by atoms with Gasteiger partial charge >= 0.3 is 6.03 Å². The van der Waals surface area contributed by atoms with Gasteiger partial charge in [0.2, 0.25) is 0 Å². The summed E-state index contributed by atoms with van der Waals surface area (Å²) < 4.78 is 0. The van der Waals surface area contributed by atoms with Crippen molar-refractivity contribution in [1.82, 2.24) is 10.2 Å². The van der Waals surface area contributed by atoms with E-state index in [0.717, 1.165) is 24.3 Å². The molecule has 0 saturated heterocycles. The number of amides is 2. The number of carbonyl (C=O) groups is 1. The molecule has 0 aliphatic heterocycles. The van der Waals surface area contributed by atoms with E-state index in [1.54, 1.807) is 0 Å². The van der Waals surface area contributed by atoms with Crippen molar-refractivity contribution in [1.29, 1.82) is 0 Å². The molecule has 1 aromatic rings. The molecule has 23 heavy (non-hydrogen) atoms. The third-order valence-electron chi connectivity index (χ3n) is 6.30. The predicted molar refractivity (Wildman–Crippen MR) is 92.0 cm³/mol. The van der Waals surface area contributed by atoms with Crippen LogP contribution in [-0.2, 0) is 6.54 Å². The normalized spacial score (nSPS) is 34.4. The Labute approximate surface area is 139 Å². The van der Waals surface area contributed by atoms with Crippen LogP contribution in [0.25, 0.3) is 0 Å². The van der Waals surface area contributed by atoms with E-state index >= 15 is 0 Å². The van der Waals surface area contributed by atoms with E-state index in [4.69, 9.17) is 0 Å². The maximum atomic E-state index is 12.9. The lowest BCUT2D eigenvalue weighted by molar-refractivity contribution is -0.0157. The summed E-state index contributed by atoms with van der Waals surface area (Å²) in [5.74, 6) is 2.60. The molecule has 4 aliphatic rings. The van der Waals surface area contributed by atoms with Crippen LogP contribution < -0.4 is 5.32 Å². The molecule has 124 valence electrons. The van der Waals surface area contributed by atoms with Crippen LogP contribution in [0, 0.1) is 17.8 Å². The summed E-state index contributed by atoms with van der Waals surface area (Å²) in [5.41, 5.74) is 1.31. The summed E-state index contributed by atoms with van der Waals surface area (Å²) >= 11 is 0. The number of benzene rings is 1. The average Bonchev–Trinajstić information content (AvgIpc) is 2.51. The molecule has 4 aliphatic carbocycles. The Morgan fingerprint density at radius 2 is 1.65 bits per heavy atom. The van der Waals surface area contributed by atoms with E-state index in [0.29, 0.717) is 6.54 Å². The Balaban J connectivity index is 1.44. The number of urea groups is 1. The van der Waals surface area contributed by atoms with Crippen LogP contribution in [0.4, 0.5) is 4.79 Å². The van der Waals surface area contributed by atoms with Crippen molar-refractivity contribution < 1.29 is 4.79 Å². The molecule has 1 N–H and O–H groups in total. The van der Waals surface area contributed by atoms with Gasteiger partial charge in [0, 0.05) is 18.6 Å². The predicted octanol–water partition coefficient (Wildman–Crippen LogP) is 4.19. The fourth-order valence-electron chi connectivity index (χ4n) is 5.70. The number of hydrogen-bond donors (Lipinski definition) is 1. The van der Waals surface area contributed by atoms with Crippen LogP contribution >= 0.6 is 0 Å². The van der Waals surface area contributed by atoms with Crippen LogP contribution in [0.3, 0.4) is 0 Å². The Morgan fingerprint density at radius 1 is 1.09 bits per heavy atom. The van der Waals surface area contributed by atoms with Gasteiger partial charge in [-0.15, -0.1) is 0 Å². The van der Waals surface area contributed by atoms with Crippen molar-refractivity contribution >= 4 is 6.03 Å². The Morgan fingerprint density at radius 3 is 2.17 bits per heavy atom. The quantitative estimate of drug-likeness (QED) is 0.888. The maximum Gasteiger partial charge on any atom is 0.318 e. The number of nitrogens with one attached hydrogen (secondary N) is 1. The molecular formula is C20H28N2O. The number of hydrogen-bond acceptors (Lipinski definition) is 1. The topological polar surface area (TPSA) is 32.3 Å². The highest BCUT2D eigenvalue weighted by Crippen LogP contribution is 2.55. The van der Waals surface area contributed by atoms with E-state index < -0.39 is 0 Å². The van der Waals surface area contributed by atoms with Gasteiger partial charge < -0.3 is 10.2 Å². The van der Waals surface area contributed by atoms with E-state index in [1.165, 1.54) is 44.1 Å². The van der Waals surface area contributed by atoms with Crippen LogP contribution in [0.15, 0.2) is 30.3 Å². The van der Waals surface area contributed by atoms with Gasteiger partial charge in [0.1, 0.15) is 0 Å². The number of rotatable bonds is 4. The Hall–Kier alpha value is -1.51. The van der Waals surface area contributed by atoms with Gasteiger partial charge in [-0.3, -0.25) is 0 Å². The van der Waals surface area contributed by atoms with Gasteiger partial charge in [0.15, 0.2) is 0 Å². The summed E-state index contributed by atoms with van der Waals surface area (Å²) in [6.07, 6.45) is 7.89. The van der Waals surface area contributed by atoms with Gasteiger partial charge in [0.05, 0.1) is 0 Å². The molecule has 0 atom stereocenters.